The Balaban J connectivity index is 0.800. The zero-order valence-electron chi connectivity index (χ0n) is 76.8. The Kier molecular flexibility index (Phi) is 17.4. The van der Waals surface area contributed by atoms with Crippen molar-refractivity contribution in [3.8, 4) is 95.1 Å². The summed E-state index contributed by atoms with van der Waals surface area (Å²) in [5, 5.41) is 2.47. The zero-order chi connectivity index (χ0) is 89.3. The number of ether oxygens (including phenoxy) is 1. The Hall–Kier alpha value is -14.9. The van der Waals surface area contributed by atoms with Gasteiger partial charge in [0.2, 0.25) is 0 Å². The fraction of sp³-hybridized carbons (Fsp3) is 0.136. The summed E-state index contributed by atoms with van der Waals surface area (Å²) in [6, 6.07) is 149. The molecule has 19 aromatic rings. The van der Waals surface area contributed by atoms with Crippen LogP contribution in [0.5, 0.6) is 11.5 Å². The van der Waals surface area contributed by atoms with Crippen LogP contribution in [0.2, 0.25) is 0 Å². The van der Waals surface area contributed by atoms with Gasteiger partial charge in [0.1, 0.15) is 11.5 Å². The third-order valence-corrected chi connectivity index (χ3v) is 29.6. The molecule has 2 aliphatic carbocycles. The molecule has 25 rings (SSSR count). The van der Waals surface area contributed by atoms with Crippen molar-refractivity contribution in [1.29, 1.82) is 0 Å². The van der Waals surface area contributed by atoms with Crippen LogP contribution in [0.25, 0.3) is 105 Å². The normalized spacial score (nSPS) is 14.0. The highest BCUT2D eigenvalue weighted by Crippen LogP contribution is 2.66. The maximum Gasteiger partial charge on any atom is 0.256 e. The van der Waals surface area contributed by atoms with Gasteiger partial charge >= 0.3 is 0 Å². The number of nitrogens with zero attached hydrogens (tertiary/aromatic N) is 4. The molecule has 1 aromatic heterocycles. The minimum absolute atomic E-state index is 0.106. The van der Waals surface area contributed by atoms with Gasteiger partial charge in [0.15, 0.2) is 0 Å². The Morgan fingerprint density at radius 2 is 0.614 bits per heavy atom. The van der Waals surface area contributed by atoms with E-state index in [0.717, 1.165) is 146 Å². The van der Waals surface area contributed by atoms with Crippen LogP contribution in [0.3, 0.4) is 0 Å². The van der Waals surface area contributed by atoms with E-state index in [2.05, 4.69) is 491 Å². The molecule has 0 amide bonds. The fourth-order valence-corrected chi connectivity index (χ4v) is 23.3. The highest BCUT2D eigenvalue weighted by atomic mass is 16.5. The van der Waals surface area contributed by atoms with Crippen LogP contribution in [-0.4, -0.2) is 18.0 Å². The van der Waals surface area contributed by atoms with Gasteiger partial charge in [-0.2, -0.15) is 0 Å². The monoisotopic (exact) mass is 1690 g/mol. The van der Waals surface area contributed by atoms with Gasteiger partial charge in [-0.15, -0.1) is 0 Å². The first-order chi connectivity index (χ1) is 64.0. The van der Waals surface area contributed by atoms with Crippen LogP contribution in [-0.2, 0) is 27.1 Å². The first kappa shape index (κ1) is 79.3. The average Bonchev–Trinajstić information content (AvgIpc) is 1.50. The zero-order valence-corrected chi connectivity index (χ0v) is 76.8. The van der Waals surface area contributed by atoms with Gasteiger partial charge in [0, 0.05) is 78.9 Å². The largest absolute Gasteiger partial charge is 0.458 e. The van der Waals surface area contributed by atoms with Crippen molar-refractivity contribution >= 4 is 119 Å². The van der Waals surface area contributed by atoms with Gasteiger partial charge < -0.3 is 24.0 Å². The Morgan fingerprint density at radius 1 is 0.235 bits per heavy atom. The fourth-order valence-electron chi connectivity index (χ4n) is 23.3. The van der Waals surface area contributed by atoms with Crippen LogP contribution in [0.1, 0.15) is 128 Å². The minimum Gasteiger partial charge on any atom is -0.458 e. The highest BCUT2D eigenvalue weighted by molar-refractivity contribution is 7.02. The summed E-state index contributed by atoms with van der Waals surface area (Å²) < 4.78 is 11.0. The molecule has 0 N–H and O–H groups in total. The third kappa shape index (κ3) is 11.8. The summed E-state index contributed by atoms with van der Waals surface area (Å²) in [6.45, 7) is 27.6. The van der Waals surface area contributed by atoms with Gasteiger partial charge in [-0.1, -0.05) is 368 Å². The molecule has 0 bridgehead atoms. The molecule has 632 valence electrons. The second-order valence-electron chi connectivity index (χ2n) is 41.4. The molecule has 6 aliphatic rings. The maximum atomic E-state index is 8.40. The van der Waals surface area contributed by atoms with E-state index in [0.29, 0.717) is 0 Å². The standard InChI is InChI=1S/C125H100B2N4O/c1-121(2,3)82-61-63-106-97(67-82)98-68-83(122(4,5)6)62-64-107(98)129(106)87-73-112-117-113(74-87)131(120-95(79-43-22-15-23-44-79)71-85(124(10,11)12)72-96(120)80-45-24-16-25-46-80)108-59-36-34-57-102(108)126(117)104-75-105-114(76-110(104)128(112)86-47-26-17-27-48-86)132-115-66-81(88-52-38-53-92-91-51-30-33-56-101(91)125(116(88)92)99-54-31-28-49-89(99)90-50-29-32-55-100(90)125)65-111-118(115)127(105)103-58-35-37-60-109(103)130(111)119-93(77-39-18-13-19-40-77)69-84(123(7,8)9)70-94(119)78-41-20-14-21-42-78/h13-76H,1-12H3. The number of anilines is 9. The lowest BCUT2D eigenvalue weighted by molar-refractivity contribution is 0.488. The number of para-hydroxylation sites is 3. The number of rotatable bonds is 9. The van der Waals surface area contributed by atoms with Gasteiger partial charge in [-0.05, 0) is 252 Å². The van der Waals surface area contributed by atoms with Gasteiger partial charge in [0.25, 0.3) is 13.4 Å². The summed E-state index contributed by atoms with van der Waals surface area (Å²) in [7, 11) is 0. The van der Waals surface area contributed by atoms with Gasteiger partial charge in [0.05, 0.1) is 33.5 Å². The van der Waals surface area contributed by atoms with Crippen molar-refractivity contribution in [2.24, 2.45) is 0 Å². The second kappa shape index (κ2) is 29.0. The molecular weight excluding hydrogens is 1600 g/mol. The highest BCUT2D eigenvalue weighted by Gasteiger charge is 2.55. The molecule has 4 aliphatic heterocycles. The van der Waals surface area contributed by atoms with E-state index in [1.54, 1.807) is 0 Å². The molecule has 7 heteroatoms. The summed E-state index contributed by atoms with van der Waals surface area (Å²) in [4.78, 5) is 7.98. The lowest BCUT2D eigenvalue weighted by Crippen LogP contribution is -2.64. The molecule has 18 aromatic carbocycles. The molecule has 5 nitrogen and oxygen atoms in total. The van der Waals surface area contributed by atoms with Crippen LogP contribution in [0.15, 0.2) is 388 Å². The Bertz CT molecular complexity index is 7780. The van der Waals surface area contributed by atoms with Gasteiger partial charge in [-0.25, -0.2) is 0 Å². The number of hydrogen-bond donors (Lipinski definition) is 0. The van der Waals surface area contributed by atoms with Crippen molar-refractivity contribution in [3.63, 3.8) is 0 Å². The van der Waals surface area contributed by atoms with Crippen molar-refractivity contribution in [2.75, 3.05) is 14.7 Å². The molecule has 0 unspecified atom stereocenters. The predicted molar refractivity (Wildman–Crippen MR) is 559 cm³/mol. The van der Waals surface area contributed by atoms with Crippen LogP contribution < -0.4 is 52.2 Å². The molecule has 0 saturated heterocycles. The van der Waals surface area contributed by atoms with Crippen molar-refractivity contribution in [3.05, 3.63) is 433 Å². The van der Waals surface area contributed by atoms with E-state index in [4.69, 9.17) is 4.74 Å². The van der Waals surface area contributed by atoms with Gasteiger partial charge in [-0.3, -0.25) is 0 Å². The third-order valence-electron chi connectivity index (χ3n) is 29.6. The predicted octanol–water partition coefficient (Wildman–Crippen LogP) is 29.1. The Labute approximate surface area is 775 Å². The van der Waals surface area contributed by atoms with E-state index < -0.39 is 5.41 Å². The molecular formula is C125H100B2N4O. The molecule has 1 spiro atoms. The van der Waals surface area contributed by atoms with E-state index >= 15 is 0 Å². The Morgan fingerprint density at radius 3 is 1.07 bits per heavy atom. The molecule has 5 heterocycles. The van der Waals surface area contributed by atoms with E-state index in [1.165, 1.54) is 99.4 Å². The van der Waals surface area contributed by atoms with E-state index in [1.807, 2.05) is 0 Å². The van der Waals surface area contributed by atoms with E-state index in [9.17, 15) is 0 Å². The maximum absolute atomic E-state index is 8.40. The first-order valence-electron chi connectivity index (χ1n) is 47.0. The SMILES string of the molecule is CC(C)(C)c1cc(-c2ccccc2)c(N2c3ccccc3B3c4cc5c(cc4Oc4cc(-c6cccc7c6C6(c8ccccc8-c8ccccc86)c6ccccc6-7)cc2c43)N(c2ccccc2)c2cc(-n3c4ccc(C(C)(C)C)cc4c4cc(C(C)(C)C)ccc43)cc3c2B5c2ccccc2N3c2c(-c3ccccc3)cc(C(C)(C)C)cc2-c2ccccc2)c(-c2ccccc2)c1. The topological polar surface area (TPSA) is 23.9 Å². The lowest BCUT2D eigenvalue weighted by atomic mass is 9.30. The van der Waals surface area contributed by atoms with Crippen LogP contribution >= 0.6 is 0 Å². The average molecular weight is 1700 g/mol. The molecule has 0 fully saturated rings. The molecule has 132 heavy (non-hydrogen) atoms. The number of aromatic nitrogens is 1. The van der Waals surface area contributed by atoms with Crippen LogP contribution in [0.4, 0.5) is 51.2 Å². The van der Waals surface area contributed by atoms with Crippen LogP contribution in [0, 0.1) is 0 Å². The lowest BCUT2D eigenvalue weighted by Gasteiger charge is -2.46. The summed E-state index contributed by atoms with van der Waals surface area (Å²) >= 11 is 0. The van der Waals surface area contributed by atoms with E-state index in [-0.39, 0.29) is 35.1 Å². The molecule has 0 atom stereocenters. The second-order valence-corrected chi connectivity index (χ2v) is 41.4. The quantitative estimate of drug-likeness (QED) is 0.134. The summed E-state index contributed by atoms with van der Waals surface area (Å²) in [6.07, 6.45) is 0. The number of hydrogen-bond acceptors (Lipinski definition) is 4. The summed E-state index contributed by atoms with van der Waals surface area (Å²) in [5.74, 6) is 1.64. The summed E-state index contributed by atoms with van der Waals surface area (Å²) in [5.41, 5.74) is 45.8. The van der Waals surface area contributed by atoms with Crippen molar-refractivity contribution in [2.45, 2.75) is 110 Å². The number of fused-ring (bicyclic) bond motifs is 21. The number of benzene rings is 18. The minimum atomic E-state index is -0.655. The van der Waals surface area contributed by atoms with Crippen molar-refractivity contribution < 1.29 is 4.74 Å². The molecule has 0 radical (unpaired) electrons. The van der Waals surface area contributed by atoms with Crippen molar-refractivity contribution in [1.82, 2.24) is 4.57 Å². The smallest absolute Gasteiger partial charge is 0.256 e. The first-order valence-corrected chi connectivity index (χ1v) is 47.0. The molecule has 0 saturated carbocycles.